The zero-order valence-electron chi connectivity index (χ0n) is 17.2. The van der Waals surface area contributed by atoms with Gasteiger partial charge in [-0.2, -0.15) is 0 Å². The van der Waals surface area contributed by atoms with Crippen molar-refractivity contribution in [1.29, 1.82) is 0 Å². The molecule has 0 atom stereocenters. The minimum absolute atomic E-state index is 0.0341. The molecule has 0 saturated carbocycles. The van der Waals surface area contributed by atoms with E-state index in [-0.39, 0.29) is 11.8 Å². The quantitative estimate of drug-likeness (QED) is 0.568. The van der Waals surface area contributed by atoms with Crippen LogP contribution in [0, 0.1) is 0 Å². The number of rotatable bonds is 4. The number of anilines is 2. The molecule has 0 bridgehead atoms. The molecular weight excluding hydrogens is 364 g/mol. The van der Waals surface area contributed by atoms with Gasteiger partial charge in [-0.25, -0.2) is 0 Å². The lowest BCUT2D eigenvalue weighted by molar-refractivity contribution is 0.104. The SMILES string of the molecule is CCN1CCN(c2cc(NC(C)C)c3c4c(onc24)-c2ccccc2C3=O)CC1. The number of piperazine rings is 1. The van der Waals surface area contributed by atoms with Gasteiger partial charge in [-0.3, -0.25) is 4.79 Å². The minimum atomic E-state index is 0.0341. The third kappa shape index (κ3) is 2.82. The molecule has 0 radical (unpaired) electrons. The van der Waals surface area contributed by atoms with Gasteiger partial charge in [0.1, 0.15) is 5.52 Å². The summed E-state index contributed by atoms with van der Waals surface area (Å²) in [6.45, 7) is 11.4. The summed E-state index contributed by atoms with van der Waals surface area (Å²) in [4.78, 5) is 18.3. The molecule has 0 amide bonds. The third-order valence-electron chi connectivity index (χ3n) is 5.98. The molecule has 1 N–H and O–H groups in total. The molecule has 29 heavy (non-hydrogen) atoms. The van der Waals surface area contributed by atoms with E-state index in [1.54, 1.807) is 0 Å². The Morgan fingerprint density at radius 3 is 2.55 bits per heavy atom. The fraction of sp³-hybridized carbons (Fsp3) is 0.391. The number of carbonyl (C=O) groups is 1. The normalized spacial score (nSPS) is 16.6. The summed E-state index contributed by atoms with van der Waals surface area (Å²) in [6.07, 6.45) is 0. The second kappa shape index (κ2) is 6.88. The molecule has 6 nitrogen and oxygen atoms in total. The number of ketones is 1. The second-order valence-corrected chi connectivity index (χ2v) is 8.15. The maximum Gasteiger partial charge on any atom is 0.196 e. The van der Waals surface area contributed by atoms with Gasteiger partial charge in [0.2, 0.25) is 0 Å². The number of nitrogens with one attached hydrogen (secondary N) is 1. The lowest BCUT2D eigenvalue weighted by atomic mass is 9.86. The fourth-order valence-corrected chi connectivity index (χ4v) is 4.51. The van der Waals surface area contributed by atoms with Gasteiger partial charge in [-0.05, 0) is 26.5 Å². The average Bonchev–Trinajstić information content (AvgIpc) is 3.17. The van der Waals surface area contributed by atoms with E-state index >= 15 is 0 Å². The number of carbonyl (C=O) groups excluding carboxylic acids is 1. The number of fused-ring (bicyclic) bond motifs is 2. The van der Waals surface area contributed by atoms with Crippen molar-refractivity contribution in [2.24, 2.45) is 0 Å². The smallest absolute Gasteiger partial charge is 0.196 e. The van der Waals surface area contributed by atoms with Crippen molar-refractivity contribution in [2.75, 3.05) is 42.9 Å². The highest BCUT2D eigenvalue weighted by atomic mass is 16.5. The van der Waals surface area contributed by atoms with Crippen molar-refractivity contribution in [3.63, 3.8) is 0 Å². The van der Waals surface area contributed by atoms with Crippen LogP contribution in [0.2, 0.25) is 0 Å². The molecule has 0 spiro atoms. The number of nitrogens with zero attached hydrogens (tertiary/aromatic N) is 3. The van der Waals surface area contributed by atoms with Gasteiger partial charge in [0, 0.05) is 49.0 Å². The highest BCUT2D eigenvalue weighted by molar-refractivity contribution is 6.28. The lowest BCUT2D eigenvalue weighted by Gasteiger charge is -2.36. The van der Waals surface area contributed by atoms with Crippen molar-refractivity contribution in [3.05, 3.63) is 41.5 Å². The van der Waals surface area contributed by atoms with Crippen LogP contribution in [0.25, 0.3) is 22.2 Å². The predicted octanol–water partition coefficient (Wildman–Crippen LogP) is 4.00. The molecule has 2 heterocycles. The Morgan fingerprint density at radius 1 is 1.14 bits per heavy atom. The van der Waals surface area contributed by atoms with E-state index in [9.17, 15) is 4.79 Å². The van der Waals surface area contributed by atoms with Gasteiger partial charge >= 0.3 is 0 Å². The Kier molecular flexibility index (Phi) is 4.32. The first-order valence-electron chi connectivity index (χ1n) is 10.4. The van der Waals surface area contributed by atoms with Crippen molar-refractivity contribution in [2.45, 2.75) is 26.8 Å². The molecule has 6 heteroatoms. The van der Waals surface area contributed by atoms with Crippen LogP contribution in [0.3, 0.4) is 0 Å². The number of likely N-dealkylation sites (N-methyl/N-ethyl adjacent to an activating group) is 1. The van der Waals surface area contributed by atoms with Crippen LogP contribution in [0.5, 0.6) is 0 Å². The maximum absolute atomic E-state index is 13.4. The van der Waals surface area contributed by atoms with Gasteiger partial charge in [-0.15, -0.1) is 0 Å². The van der Waals surface area contributed by atoms with E-state index < -0.39 is 0 Å². The molecule has 0 unspecified atom stereocenters. The molecule has 1 aliphatic carbocycles. The summed E-state index contributed by atoms with van der Waals surface area (Å²) in [5.41, 5.74) is 4.89. The van der Waals surface area contributed by atoms with Gasteiger partial charge in [0.25, 0.3) is 0 Å². The standard InChI is InChI=1S/C23H26N4O2/c1-4-26-9-11-27(12-10-26)18-13-17(24-14(2)3)19-20-21(18)25-29-23(20)16-8-6-5-7-15(16)22(19)28/h5-8,13-14,24H,4,9-12H2,1-3H3. The van der Waals surface area contributed by atoms with Crippen LogP contribution in [-0.2, 0) is 0 Å². The summed E-state index contributed by atoms with van der Waals surface area (Å²) in [7, 11) is 0. The van der Waals surface area contributed by atoms with Crippen molar-refractivity contribution in [1.82, 2.24) is 10.1 Å². The van der Waals surface area contributed by atoms with E-state index in [2.05, 4.69) is 47.1 Å². The number of hydrogen-bond donors (Lipinski definition) is 1. The van der Waals surface area contributed by atoms with E-state index in [1.165, 1.54) is 0 Å². The van der Waals surface area contributed by atoms with Crippen LogP contribution in [-0.4, -0.2) is 54.6 Å². The Morgan fingerprint density at radius 2 is 1.86 bits per heavy atom. The first-order valence-corrected chi connectivity index (χ1v) is 10.4. The second-order valence-electron chi connectivity index (χ2n) is 8.15. The molecule has 2 aliphatic rings. The van der Waals surface area contributed by atoms with Crippen molar-refractivity contribution in [3.8, 4) is 11.3 Å². The molecule has 2 aromatic carbocycles. The highest BCUT2D eigenvalue weighted by Gasteiger charge is 2.34. The third-order valence-corrected chi connectivity index (χ3v) is 5.98. The Bertz CT molecular complexity index is 1090. The minimum Gasteiger partial charge on any atom is -0.382 e. The van der Waals surface area contributed by atoms with Crippen LogP contribution in [0.4, 0.5) is 11.4 Å². The maximum atomic E-state index is 13.4. The summed E-state index contributed by atoms with van der Waals surface area (Å²) in [6, 6.07) is 9.95. The Hall–Kier alpha value is -2.86. The fourth-order valence-electron chi connectivity index (χ4n) is 4.51. The Labute approximate surface area is 170 Å². The van der Waals surface area contributed by atoms with Gasteiger partial charge < -0.3 is 19.6 Å². The first kappa shape index (κ1) is 18.2. The zero-order chi connectivity index (χ0) is 20.1. The zero-order valence-corrected chi connectivity index (χ0v) is 17.2. The molecule has 3 aromatic rings. The Balaban J connectivity index is 1.72. The largest absolute Gasteiger partial charge is 0.382 e. The van der Waals surface area contributed by atoms with Crippen LogP contribution in [0.1, 0.15) is 36.7 Å². The van der Waals surface area contributed by atoms with Crippen LogP contribution in [0.15, 0.2) is 34.9 Å². The van der Waals surface area contributed by atoms with E-state index in [0.29, 0.717) is 16.9 Å². The summed E-state index contributed by atoms with van der Waals surface area (Å²) < 4.78 is 5.84. The number of aromatic nitrogens is 1. The van der Waals surface area contributed by atoms with Crippen molar-refractivity contribution >= 4 is 28.1 Å². The molecular formula is C23H26N4O2. The average molecular weight is 390 g/mol. The van der Waals surface area contributed by atoms with Gasteiger partial charge in [0.05, 0.1) is 16.6 Å². The molecule has 5 rings (SSSR count). The van der Waals surface area contributed by atoms with Crippen molar-refractivity contribution < 1.29 is 9.32 Å². The van der Waals surface area contributed by atoms with E-state index in [4.69, 9.17) is 4.52 Å². The molecule has 1 saturated heterocycles. The first-order chi connectivity index (χ1) is 14.1. The van der Waals surface area contributed by atoms with E-state index in [0.717, 1.165) is 60.6 Å². The monoisotopic (exact) mass is 390 g/mol. The topological polar surface area (TPSA) is 61.6 Å². The summed E-state index contributed by atoms with van der Waals surface area (Å²) in [5.74, 6) is 0.734. The molecule has 1 fully saturated rings. The van der Waals surface area contributed by atoms with Crippen LogP contribution < -0.4 is 10.2 Å². The lowest BCUT2D eigenvalue weighted by Crippen LogP contribution is -2.46. The molecule has 1 aliphatic heterocycles. The van der Waals surface area contributed by atoms with Crippen LogP contribution >= 0.6 is 0 Å². The van der Waals surface area contributed by atoms with Gasteiger partial charge in [-0.1, -0.05) is 36.3 Å². The number of benzene rings is 2. The molecule has 1 aromatic heterocycles. The van der Waals surface area contributed by atoms with Gasteiger partial charge in [0.15, 0.2) is 11.5 Å². The highest BCUT2D eigenvalue weighted by Crippen LogP contribution is 2.45. The molecule has 150 valence electrons. The summed E-state index contributed by atoms with van der Waals surface area (Å²) in [5, 5.41) is 8.79. The van der Waals surface area contributed by atoms with E-state index in [1.807, 2.05) is 24.3 Å². The summed E-state index contributed by atoms with van der Waals surface area (Å²) >= 11 is 0. The number of hydrogen-bond acceptors (Lipinski definition) is 6. The predicted molar refractivity (Wildman–Crippen MR) is 116 cm³/mol.